The quantitative estimate of drug-likeness (QED) is 0.736. The van der Waals surface area contributed by atoms with Crippen LogP contribution in [0.3, 0.4) is 0 Å². The van der Waals surface area contributed by atoms with E-state index in [0.29, 0.717) is 6.42 Å². The van der Waals surface area contributed by atoms with E-state index in [2.05, 4.69) is 6.92 Å². The van der Waals surface area contributed by atoms with Gasteiger partial charge >= 0.3 is 6.04 Å². The van der Waals surface area contributed by atoms with E-state index >= 15 is 0 Å². The molecule has 0 aliphatic heterocycles. The fourth-order valence-electron chi connectivity index (χ4n) is 1.90. The number of carbonyl (C=O) groups excluding carboxylic acids is 1. The van der Waals surface area contributed by atoms with Gasteiger partial charge in [-0.25, -0.2) is 0 Å². The van der Waals surface area contributed by atoms with Gasteiger partial charge in [0.25, 0.3) is 0 Å². The Morgan fingerprint density at radius 1 is 1.29 bits per heavy atom. The van der Waals surface area contributed by atoms with Gasteiger partial charge < -0.3 is 4.42 Å². The van der Waals surface area contributed by atoms with Crippen molar-refractivity contribution in [3.05, 3.63) is 35.6 Å². The molecular weight excluding hydrogens is 219 g/mol. The standard InChI is InChI=1S/C14H15FO2/c1-2-3-12-9-11-6-4-10(5-7-14(15)16)8-13(11)17-12/h4,6,8-9H,2-3,5,7H2,1H3. The molecule has 90 valence electrons. The van der Waals surface area contributed by atoms with Gasteiger partial charge in [0.1, 0.15) is 11.3 Å². The van der Waals surface area contributed by atoms with Crippen molar-refractivity contribution >= 4 is 17.0 Å². The molecule has 1 aromatic heterocycles. The van der Waals surface area contributed by atoms with E-state index in [1.54, 1.807) is 0 Å². The van der Waals surface area contributed by atoms with E-state index < -0.39 is 6.04 Å². The smallest absolute Gasteiger partial charge is 0.301 e. The molecule has 2 rings (SSSR count). The van der Waals surface area contributed by atoms with Gasteiger partial charge in [0, 0.05) is 18.2 Å². The first-order valence-corrected chi connectivity index (χ1v) is 5.88. The Bertz CT molecular complexity index is 528. The number of halogens is 1. The highest BCUT2D eigenvalue weighted by Gasteiger charge is 2.05. The lowest BCUT2D eigenvalue weighted by atomic mass is 10.1. The summed E-state index contributed by atoms with van der Waals surface area (Å²) in [4.78, 5) is 10.3. The van der Waals surface area contributed by atoms with Crippen LogP contribution in [0, 0.1) is 0 Å². The molecule has 0 spiro atoms. The van der Waals surface area contributed by atoms with Crippen LogP contribution < -0.4 is 0 Å². The molecule has 0 aliphatic rings. The van der Waals surface area contributed by atoms with E-state index in [1.807, 2.05) is 24.3 Å². The predicted octanol–water partition coefficient (Wildman–Crippen LogP) is 3.81. The van der Waals surface area contributed by atoms with Crippen LogP contribution in [0.25, 0.3) is 11.0 Å². The lowest BCUT2D eigenvalue weighted by Crippen LogP contribution is -1.91. The van der Waals surface area contributed by atoms with Crippen molar-refractivity contribution in [2.24, 2.45) is 0 Å². The van der Waals surface area contributed by atoms with Crippen LogP contribution in [0.15, 0.2) is 28.7 Å². The van der Waals surface area contributed by atoms with Gasteiger partial charge in [-0.05, 0) is 30.5 Å². The fourth-order valence-corrected chi connectivity index (χ4v) is 1.90. The Morgan fingerprint density at radius 2 is 2.12 bits per heavy atom. The molecule has 2 aromatic rings. The van der Waals surface area contributed by atoms with E-state index in [9.17, 15) is 9.18 Å². The minimum absolute atomic E-state index is 0.0615. The molecule has 0 saturated heterocycles. The number of hydrogen-bond donors (Lipinski definition) is 0. The van der Waals surface area contributed by atoms with E-state index in [4.69, 9.17) is 4.42 Å². The van der Waals surface area contributed by atoms with Crippen LogP contribution in [0.2, 0.25) is 0 Å². The highest BCUT2D eigenvalue weighted by Crippen LogP contribution is 2.22. The summed E-state index contributed by atoms with van der Waals surface area (Å²) in [7, 11) is 0. The first-order valence-electron chi connectivity index (χ1n) is 5.88. The average molecular weight is 234 g/mol. The molecule has 0 radical (unpaired) electrons. The molecule has 17 heavy (non-hydrogen) atoms. The van der Waals surface area contributed by atoms with Gasteiger partial charge in [0.15, 0.2) is 0 Å². The number of benzene rings is 1. The molecule has 0 atom stereocenters. The highest BCUT2D eigenvalue weighted by molar-refractivity contribution is 5.78. The molecule has 0 saturated carbocycles. The number of fused-ring (bicyclic) bond motifs is 1. The monoisotopic (exact) mass is 234 g/mol. The maximum absolute atomic E-state index is 12.1. The molecular formula is C14H15FO2. The minimum atomic E-state index is -1.27. The van der Waals surface area contributed by atoms with Crippen LogP contribution in [0.1, 0.15) is 31.1 Å². The van der Waals surface area contributed by atoms with Crippen molar-refractivity contribution in [2.45, 2.75) is 32.6 Å². The van der Waals surface area contributed by atoms with Crippen LogP contribution >= 0.6 is 0 Å². The Hall–Kier alpha value is -1.64. The van der Waals surface area contributed by atoms with Crippen molar-refractivity contribution in [3.8, 4) is 0 Å². The largest absolute Gasteiger partial charge is 0.461 e. The number of rotatable bonds is 5. The van der Waals surface area contributed by atoms with Gasteiger partial charge in [0.05, 0.1) is 0 Å². The van der Waals surface area contributed by atoms with Gasteiger partial charge in [-0.3, -0.25) is 4.79 Å². The summed E-state index contributed by atoms with van der Waals surface area (Å²) in [5.74, 6) is 0.973. The maximum Gasteiger partial charge on any atom is 0.301 e. The zero-order valence-electron chi connectivity index (χ0n) is 9.83. The van der Waals surface area contributed by atoms with Crippen LogP contribution in [0.4, 0.5) is 4.39 Å². The van der Waals surface area contributed by atoms with E-state index in [0.717, 1.165) is 35.1 Å². The lowest BCUT2D eigenvalue weighted by molar-refractivity contribution is -0.129. The molecule has 0 fully saturated rings. The first-order chi connectivity index (χ1) is 8.19. The summed E-state index contributed by atoms with van der Waals surface area (Å²) >= 11 is 0. The van der Waals surface area contributed by atoms with Crippen molar-refractivity contribution in [1.82, 2.24) is 0 Å². The summed E-state index contributed by atoms with van der Waals surface area (Å²) in [6, 6.07) is 6.52. The molecule has 2 nitrogen and oxygen atoms in total. The van der Waals surface area contributed by atoms with E-state index in [1.165, 1.54) is 0 Å². The Labute approximate surface area is 99.4 Å². The molecule has 1 aromatic carbocycles. The Balaban J connectivity index is 2.20. The first kappa shape index (κ1) is 11.8. The molecule has 0 aliphatic carbocycles. The summed E-state index contributed by atoms with van der Waals surface area (Å²) in [5.41, 5.74) is 1.75. The van der Waals surface area contributed by atoms with Gasteiger partial charge in [0.2, 0.25) is 0 Å². The predicted molar refractivity (Wildman–Crippen MR) is 64.6 cm³/mol. The lowest BCUT2D eigenvalue weighted by Gasteiger charge is -1.97. The van der Waals surface area contributed by atoms with E-state index in [-0.39, 0.29) is 6.42 Å². The maximum atomic E-state index is 12.1. The second-order valence-electron chi connectivity index (χ2n) is 4.19. The Morgan fingerprint density at radius 3 is 2.82 bits per heavy atom. The van der Waals surface area contributed by atoms with Crippen molar-refractivity contribution in [3.63, 3.8) is 0 Å². The summed E-state index contributed by atoms with van der Waals surface area (Å²) in [5, 5.41) is 1.06. The normalized spacial score (nSPS) is 10.9. The molecule has 0 unspecified atom stereocenters. The summed E-state index contributed by atoms with van der Waals surface area (Å²) in [6.45, 7) is 2.10. The topological polar surface area (TPSA) is 30.2 Å². The van der Waals surface area contributed by atoms with Crippen molar-refractivity contribution in [2.75, 3.05) is 0 Å². The third-order valence-electron chi connectivity index (χ3n) is 2.74. The average Bonchev–Trinajstić information content (AvgIpc) is 2.68. The molecule has 0 N–H and O–H groups in total. The summed E-state index contributed by atoms with van der Waals surface area (Å²) in [6.07, 6.45) is 2.33. The summed E-state index contributed by atoms with van der Waals surface area (Å²) < 4.78 is 17.8. The van der Waals surface area contributed by atoms with Gasteiger partial charge in [-0.1, -0.05) is 19.1 Å². The minimum Gasteiger partial charge on any atom is -0.461 e. The molecule has 3 heteroatoms. The molecule has 1 heterocycles. The molecule has 0 amide bonds. The number of furan rings is 1. The second kappa shape index (κ2) is 5.13. The second-order valence-corrected chi connectivity index (χ2v) is 4.19. The Kier molecular flexibility index (Phi) is 3.57. The van der Waals surface area contributed by atoms with Gasteiger partial charge in [-0.15, -0.1) is 0 Å². The van der Waals surface area contributed by atoms with Crippen molar-refractivity contribution < 1.29 is 13.6 Å². The fraction of sp³-hybridized carbons (Fsp3) is 0.357. The number of carbonyl (C=O) groups is 1. The van der Waals surface area contributed by atoms with Crippen LogP contribution in [0.5, 0.6) is 0 Å². The van der Waals surface area contributed by atoms with Crippen LogP contribution in [-0.4, -0.2) is 6.04 Å². The SMILES string of the molecule is CCCc1cc2ccc(CCC(=O)F)cc2o1. The third kappa shape index (κ3) is 2.93. The zero-order chi connectivity index (χ0) is 12.3. The number of aryl methyl sites for hydroxylation is 2. The highest BCUT2D eigenvalue weighted by atomic mass is 19.1. The molecule has 0 bridgehead atoms. The van der Waals surface area contributed by atoms with Crippen LogP contribution in [-0.2, 0) is 17.6 Å². The zero-order valence-corrected chi connectivity index (χ0v) is 9.83. The third-order valence-corrected chi connectivity index (χ3v) is 2.74. The number of hydrogen-bond acceptors (Lipinski definition) is 2. The van der Waals surface area contributed by atoms with Crippen molar-refractivity contribution in [1.29, 1.82) is 0 Å². The van der Waals surface area contributed by atoms with Gasteiger partial charge in [-0.2, -0.15) is 4.39 Å².